The van der Waals surface area contributed by atoms with Crippen molar-refractivity contribution in [1.29, 1.82) is 0 Å². The Morgan fingerprint density at radius 1 is 1.43 bits per heavy atom. The third-order valence-corrected chi connectivity index (χ3v) is 4.37. The highest BCUT2D eigenvalue weighted by Gasteiger charge is 2.22. The van der Waals surface area contributed by atoms with Gasteiger partial charge in [0, 0.05) is 12.6 Å². The molecule has 3 N–H and O–H groups in total. The first kappa shape index (κ1) is 19.7. The van der Waals surface area contributed by atoms with Crippen LogP contribution in [0.25, 0.3) is 0 Å². The van der Waals surface area contributed by atoms with Gasteiger partial charge in [-0.1, -0.05) is 12.1 Å². The maximum absolute atomic E-state index is 12.0. The van der Waals surface area contributed by atoms with E-state index in [0.29, 0.717) is 19.0 Å². The number of hydrogen-bond donors (Lipinski definition) is 2. The summed E-state index contributed by atoms with van der Waals surface area (Å²) in [6, 6.07) is 8.00. The number of likely N-dealkylation sites (tertiary alicyclic amines) is 1. The van der Waals surface area contributed by atoms with Gasteiger partial charge in [0.1, 0.15) is 5.75 Å². The number of rotatable bonds is 6. The third kappa shape index (κ3) is 6.37. The van der Waals surface area contributed by atoms with E-state index in [2.05, 4.69) is 17.1 Å². The van der Waals surface area contributed by atoms with Crippen molar-refractivity contribution in [3.05, 3.63) is 29.8 Å². The van der Waals surface area contributed by atoms with Gasteiger partial charge in [-0.15, -0.1) is 12.4 Å². The number of benzene rings is 1. The highest BCUT2D eigenvalue weighted by atomic mass is 35.5. The summed E-state index contributed by atoms with van der Waals surface area (Å²) in [5.74, 6) is 1.47. The van der Waals surface area contributed by atoms with Gasteiger partial charge in [-0.05, 0) is 56.5 Å². The van der Waals surface area contributed by atoms with E-state index in [1.807, 2.05) is 24.3 Å². The SMILES string of the molecule is COc1cccc(CNC(=O)CN2CCC(C(C)N)CC2)c1.Cl. The summed E-state index contributed by atoms with van der Waals surface area (Å²) in [6.45, 7) is 4.99. The molecule has 0 aliphatic carbocycles. The van der Waals surface area contributed by atoms with Crippen LogP contribution in [0.2, 0.25) is 0 Å². The van der Waals surface area contributed by atoms with E-state index in [0.717, 1.165) is 37.2 Å². The molecule has 0 spiro atoms. The smallest absolute Gasteiger partial charge is 0.234 e. The average molecular weight is 342 g/mol. The van der Waals surface area contributed by atoms with Crippen LogP contribution in [0.5, 0.6) is 5.75 Å². The molecule has 1 fully saturated rings. The zero-order valence-electron chi connectivity index (χ0n) is 14.0. The van der Waals surface area contributed by atoms with Crippen LogP contribution >= 0.6 is 12.4 Å². The van der Waals surface area contributed by atoms with Gasteiger partial charge in [0.25, 0.3) is 0 Å². The number of ether oxygens (including phenoxy) is 1. The summed E-state index contributed by atoms with van der Waals surface area (Å²) in [5, 5.41) is 2.97. The fourth-order valence-corrected chi connectivity index (χ4v) is 2.88. The van der Waals surface area contributed by atoms with Crippen LogP contribution in [0.1, 0.15) is 25.3 Å². The van der Waals surface area contributed by atoms with E-state index in [-0.39, 0.29) is 24.4 Å². The number of halogens is 1. The number of hydrogen-bond acceptors (Lipinski definition) is 4. The van der Waals surface area contributed by atoms with E-state index in [1.165, 1.54) is 0 Å². The quantitative estimate of drug-likeness (QED) is 0.827. The summed E-state index contributed by atoms with van der Waals surface area (Å²) >= 11 is 0. The van der Waals surface area contributed by atoms with Gasteiger partial charge < -0.3 is 15.8 Å². The second-order valence-corrected chi connectivity index (χ2v) is 6.10. The van der Waals surface area contributed by atoms with E-state index in [9.17, 15) is 4.79 Å². The summed E-state index contributed by atoms with van der Waals surface area (Å²) < 4.78 is 5.18. The van der Waals surface area contributed by atoms with Gasteiger partial charge in [0.05, 0.1) is 13.7 Å². The van der Waals surface area contributed by atoms with E-state index >= 15 is 0 Å². The Morgan fingerprint density at radius 2 is 2.13 bits per heavy atom. The molecule has 23 heavy (non-hydrogen) atoms. The molecule has 1 aromatic rings. The summed E-state index contributed by atoms with van der Waals surface area (Å²) in [5.41, 5.74) is 6.99. The molecule has 1 unspecified atom stereocenters. The van der Waals surface area contributed by atoms with Gasteiger partial charge in [0.2, 0.25) is 5.91 Å². The van der Waals surface area contributed by atoms with Gasteiger partial charge in [-0.3, -0.25) is 9.69 Å². The fraction of sp³-hybridized carbons (Fsp3) is 0.588. The minimum atomic E-state index is 0. The van der Waals surface area contributed by atoms with Gasteiger partial charge in [-0.25, -0.2) is 0 Å². The second-order valence-electron chi connectivity index (χ2n) is 6.10. The summed E-state index contributed by atoms with van der Waals surface area (Å²) in [6.07, 6.45) is 2.17. The van der Waals surface area contributed by atoms with Crippen molar-refractivity contribution in [2.45, 2.75) is 32.4 Å². The summed E-state index contributed by atoms with van der Waals surface area (Å²) in [7, 11) is 1.64. The monoisotopic (exact) mass is 341 g/mol. The summed E-state index contributed by atoms with van der Waals surface area (Å²) in [4.78, 5) is 14.3. The standard InChI is InChI=1S/C17H27N3O2.ClH/c1-13(18)15-6-8-20(9-7-15)12-17(21)19-11-14-4-3-5-16(10-14)22-2;/h3-5,10,13,15H,6-9,11-12,18H2,1-2H3,(H,19,21);1H. The van der Waals surface area contributed by atoms with Crippen molar-refractivity contribution in [3.63, 3.8) is 0 Å². The predicted octanol–water partition coefficient (Wildman–Crippen LogP) is 1.79. The van der Waals surface area contributed by atoms with Crippen LogP contribution in [0.15, 0.2) is 24.3 Å². The minimum absolute atomic E-state index is 0. The Kier molecular flexibility index (Phi) is 8.37. The molecule has 1 aliphatic rings. The molecule has 1 atom stereocenters. The Bertz CT molecular complexity index is 488. The first-order valence-corrected chi connectivity index (χ1v) is 7.96. The number of nitrogens with two attached hydrogens (primary N) is 1. The Hall–Kier alpha value is -1.30. The molecule has 1 heterocycles. The van der Waals surface area contributed by atoms with Crippen LogP contribution in [-0.2, 0) is 11.3 Å². The zero-order valence-corrected chi connectivity index (χ0v) is 14.8. The Balaban J connectivity index is 0.00000264. The van der Waals surface area contributed by atoms with Crippen molar-refractivity contribution >= 4 is 18.3 Å². The molecule has 1 saturated heterocycles. The van der Waals surface area contributed by atoms with Crippen LogP contribution in [0.4, 0.5) is 0 Å². The Morgan fingerprint density at radius 3 is 2.74 bits per heavy atom. The molecule has 0 bridgehead atoms. The van der Waals surface area contributed by atoms with Crippen molar-refractivity contribution in [2.75, 3.05) is 26.7 Å². The van der Waals surface area contributed by atoms with Crippen molar-refractivity contribution in [1.82, 2.24) is 10.2 Å². The zero-order chi connectivity index (χ0) is 15.9. The first-order valence-electron chi connectivity index (χ1n) is 7.96. The van der Waals surface area contributed by atoms with E-state index in [4.69, 9.17) is 10.5 Å². The van der Waals surface area contributed by atoms with Crippen molar-refractivity contribution in [2.24, 2.45) is 11.7 Å². The topological polar surface area (TPSA) is 67.6 Å². The first-order chi connectivity index (χ1) is 10.6. The molecule has 1 aliphatic heterocycles. The highest BCUT2D eigenvalue weighted by Crippen LogP contribution is 2.19. The molecule has 6 heteroatoms. The number of methoxy groups -OCH3 is 1. The molecular formula is C17H28ClN3O2. The number of nitrogens with one attached hydrogen (secondary N) is 1. The van der Waals surface area contributed by atoms with Crippen LogP contribution in [0.3, 0.4) is 0 Å². The molecule has 1 amide bonds. The number of amides is 1. The molecular weight excluding hydrogens is 314 g/mol. The van der Waals surface area contributed by atoms with E-state index < -0.39 is 0 Å². The lowest BCUT2D eigenvalue weighted by Gasteiger charge is -2.33. The number of piperidine rings is 1. The number of carbonyl (C=O) groups excluding carboxylic acids is 1. The normalized spacial score (nSPS) is 17.2. The predicted molar refractivity (Wildman–Crippen MR) is 94.9 cm³/mol. The maximum Gasteiger partial charge on any atom is 0.234 e. The molecule has 0 aromatic heterocycles. The van der Waals surface area contributed by atoms with Gasteiger partial charge in [0.15, 0.2) is 0 Å². The lowest BCUT2D eigenvalue weighted by molar-refractivity contribution is -0.122. The second kappa shape index (κ2) is 9.75. The molecule has 1 aromatic carbocycles. The maximum atomic E-state index is 12.0. The van der Waals surface area contributed by atoms with Crippen molar-refractivity contribution in [3.8, 4) is 5.75 Å². The molecule has 0 radical (unpaired) electrons. The van der Waals surface area contributed by atoms with Crippen molar-refractivity contribution < 1.29 is 9.53 Å². The number of carbonyl (C=O) groups is 1. The fourth-order valence-electron chi connectivity index (χ4n) is 2.88. The Labute approximate surface area is 145 Å². The minimum Gasteiger partial charge on any atom is -0.497 e. The largest absolute Gasteiger partial charge is 0.497 e. The highest BCUT2D eigenvalue weighted by molar-refractivity contribution is 5.85. The molecule has 0 saturated carbocycles. The van der Waals surface area contributed by atoms with Crippen LogP contribution in [0, 0.1) is 5.92 Å². The van der Waals surface area contributed by atoms with E-state index in [1.54, 1.807) is 7.11 Å². The third-order valence-electron chi connectivity index (χ3n) is 4.37. The lowest BCUT2D eigenvalue weighted by Crippen LogP contribution is -2.44. The average Bonchev–Trinajstić information content (AvgIpc) is 2.53. The molecule has 2 rings (SSSR count). The number of nitrogens with zero attached hydrogens (tertiary/aromatic N) is 1. The lowest BCUT2D eigenvalue weighted by atomic mass is 9.91. The van der Waals surface area contributed by atoms with Gasteiger partial charge in [-0.2, -0.15) is 0 Å². The van der Waals surface area contributed by atoms with Crippen LogP contribution in [-0.4, -0.2) is 43.6 Å². The molecule has 130 valence electrons. The van der Waals surface area contributed by atoms with Crippen LogP contribution < -0.4 is 15.8 Å². The molecule has 5 nitrogen and oxygen atoms in total. The van der Waals surface area contributed by atoms with Gasteiger partial charge >= 0.3 is 0 Å².